The molecule has 7 rings (SSSR count). The molecule has 18 nitrogen and oxygen atoms in total. The van der Waals surface area contributed by atoms with Gasteiger partial charge in [0.15, 0.2) is 5.58 Å². The number of rotatable bonds is 18. The molecular formula is C51H61N9O9S. The molecule has 6 aromatic rings. The molecule has 370 valence electrons. The van der Waals surface area contributed by atoms with E-state index in [0.29, 0.717) is 47.7 Å². The van der Waals surface area contributed by atoms with E-state index in [0.717, 1.165) is 21.7 Å². The lowest BCUT2D eigenvalue weighted by atomic mass is 9.85. The number of hydrogen-bond donors (Lipinski definition) is 4. The van der Waals surface area contributed by atoms with Crippen molar-refractivity contribution >= 4 is 51.8 Å². The predicted molar refractivity (Wildman–Crippen MR) is 265 cm³/mol. The molecule has 4 aromatic heterocycles. The SMILES string of the molecule is Cc1ncsc1-c1ccc(CNC(=O)[C@H]2C[C@H](O)CN2C(=O)C(NC(=O)CCC(C)(C)OCCC(C)(C)Oc2ccc(C(=O)Nc3ccc4oc(-c5ccc(=O)n(C)n5)nc4c3)nc2)C(C)(C)C)cc1. The van der Waals surface area contributed by atoms with Crippen molar-refractivity contribution in [2.45, 2.75) is 117 Å². The van der Waals surface area contributed by atoms with Crippen LogP contribution < -0.4 is 26.2 Å². The summed E-state index contributed by atoms with van der Waals surface area (Å²) in [6.45, 7) is 15.7. The molecule has 1 saturated heterocycles. The standard InChI is InChI=1S/C51H61N9O9S/c1-30-43(70-29-54-30)32-12-10-31(11-13-32)26-53-46(65)39-25-34(61)28-60(39)48(66)44(49(2,3)4)57-41(62)20-21-50(5,6)67-23-22-51(7,8)69-35-15-16-36(52-27-35)45(64)55-33-14-18-40-38(24-33)56-47(68-40)37-17-19-42(63)59(9)58-37/h10-19,24,27,29,34,39,44,61H,20-23,25-26,28H2,1-9H3,(H,53,65)(H,55,64)(H,57,62)/t34-,39+,44?/m0/s1. The fourth-order valence-corrected chi connectivity index (χ4v) is 8.76. The van der Waals surface area contributed by atoms with E-state index in [4.69, 9.17) is 13.9 Å². The molecule has 2 aromatic carbocycles. The van der Waals surface area contributed by atoms with Crippen molar-refractivity contribution in [1.82, 2.24) is 40.3 Å². The number of nitrogens with zero attached hydrogens (tertiary/aromatic N) is 6. The number of oxazole rings is 1. The smallest absolute Gasteiger partial charge is 0.274 e. The Morgan fingerprint density at radius 1 is 0.943 bits per heavy atom. The van der Waals surface area contributed by atoms with Crippen LogP contribution in [-0.4, -0.2) is 101 Å². The number of aryl methyl sites for hydroxylation is 2. The van der Waals surface area contributed by atoms with Crippen molar-refractivity contribution in [2.75, 3.05) is 18.5 Å². The Labute approximate surface area is 410 Å². The molecule has 1 aliphatic heterocycles. The zero-order chi connectivity index (χ0) is 50.5. The van der Waals surface area contributed by atoms with Gasteiger partial charge in [0.05, 0.1) is 40.6 Å². The van der Waals surface area contributed by atoms with E-state index < -0.39 is 46.6 Å². The Kier molecular flexibility index (Phi) is 15.3. The first kappa shape index (κ1) is 51.0. The summed E-state index contributed by atoms with van der Waals surface area (Å²) in [6, 6.07) is 17.2. The van der Waals surface area contributed by atoms with Gasteiger partial charge in [0.2, 0.25) is 23.6 Å². The molecule has 0 bridgehead atoms. The summed E-state index contributed by atoms with van der Waals surface area (Å²) in [5, 5.41) is 23.5. The number of aliphatic hydroxyl groups is 1. The summed E-state index contributed by atoms with van der Waals surface area (Å²) < 4.78 is 19.5. The molecule has 0 spiro atoms. The van der Waals surface area contributed by atoms with E-state index in [-0.39, 0.29) is 54.9 Å². The molecule has 5 heterocycles. The Bertz CT molecular complexity index is 2900. The number of β-amino-alcohol motifs (C(OH)–C–C–N with tert-alkyl or cyclic N) is 1. The lowest BCUT2D eigenvalue weighted by molar-refractivity contribution is -0.144. The van der Waals surface area contributed by atoms with Gasteiger partial charge >= 0.3 is 0 Å². The minimum Gasteiger partial charge on any atom is -0.486 e. The van der Waals surface area contributed by atoms with Crippen LogP contribution in [0.1, 0.15) is 95.9 Å². The Hall–Kier alpha value is -6.83. The van der Waals surface area contributed by atoms with Crippen LogP contribution in [0.25, 0.3) is 33.1 Å². The lowest BCUT2D eigenvalue weighted by Crippen LogP contribution is -2.57. The van der Waals surface area contributed by atoms with Gasteiger partial charge in [-0.15, -0.1) is 11.3 Å². The number of pyridine rings is 1. The molecule has 1 fully saturated rings. The van der Waals surface area contributed by atoms with Crippen LogP contribution in [-0.2, 0) is 32.7 Å². The summed E-state index contributed by atoms with van der Waals surface area (Å²) in [5.41, 5.74) is 4.39. The Balaban J connectivity index is 0.853. The number of amides is 4. The van der Waals surface area contributed by atoms with Crippen LogP contribution in [0.3, 0.4) is 0 Å². The number of nitrogens with one attached hydrogen (secondary N) is 3. The lowest BCUT2D eigenvalue weighted by Gasteiger charge is -2.35. The number of fused-ring (bicyclic) bond motifs is 1. The maximum absolute atomic E-state index is 14.2. The van der Waals surface area contributed by atoms with Crippen molar-refractivity contribution in [3.63, 3.8) is 0 Å². The summed E-state index contributed by atoms with van der Waals surface area (Å²) in [6.07, 6.45) is 1.63. The molecule has 1 aliphatic rings. The molecule has 0 aliphatic carbocycles. The summed E-state index contributed by atoms with van der Waals surface area (Å²) in [5.74, 6) is -0.869. The number of carbonyl (C=O) groups excluding carboxylic acids is 4. The van der Waals surface area contributed by atoms with Crippen molar-refractivity contribution < 1.29 is 38.2 Å². The number of likely N-dealkylation sites (tertiary alicyclic amines) is 1. The van der Waals surface area contributed by atoms with Crippen LogP contribution in [0.2, 0.25) is 0 Å². The minimum atomic E-state index is -0.952. The van der Waals surface area contributed by atoms with Crippen LogP contribution in [0.4, 0.5) is 5.69 Å². The first-order valence-corrected chi connectivity index (χ1v) is 24.0. The van der Waals surface area contributed by atoms with E-state index in [1.165, 1.54) is 35.0 Å². The fraction of sp³-hybridized carbons (Fsp3) is 0.431. The van der Waals surface area contributed by atoms with Gasteiger partial charge in [0, 0.05) is 51.2 Å². The molecule has 4 N–H and O–H groups in total. The molecule has 1 unspecified atom stereocenters. The van der Waals surface area contributed by atoms with Gasteiger partial charge in [0.25, 0.3) is 11.5 Å². The normalized spacial score (nSPS) is 15.7. The highest BCUT2D eigenvalue weighted by Gasteiger charge is 2.44. The monoisotopic (exact) mass is 975 g/mol. The quantitative estimate of drug-likeness (QED) is 0.0712. The van der Waals surface area contributed by atoms with Crippen LogP contribution in [0, 0.1) is 12.3 Å². The zero-order valence-corrected chi connectivity index (χ0v) is 41.8. The van der Waals surface area contributed by atoms with Gasteiger partial charge in [0.1, 0.15) is 40.3 Å². The number of benzene rings is 2. The number of thiazole rings is 1. The Morgan fingerprint density at radius 2 is 1.70 bits per heavy atom. The van der Waals surface area contributed by atoms with Crippen molar-refractivity contribution in [3.8, 4) is 27.8 Å². The van der Waals surface area contributed by atoms with Gasteiger partial charge < -0.3 is 39.8 Å². The zero-order valence-electron chi connectivity index (χ0n) is 41.0. The third-order valence-corrected chi connectivity index (χ3v) is 13.0. The van der Waals surface area contributed by atoms with Gasteiger partial charge in [-0.05, 0) is 94.0 Å². The number of ether oxygens (including phenoxy) is 2. The molecule has 0 saturated carbocycles. The number of hydrogen-bond acceptors (Lipinski definition) is 14. The topological polar surface area (TPSA) is 233 Å². The maximum Gasteiger partial charge on any atom is 0.274 e. The molecular weight excluding hydrogens is 915 g/mol. The number of aliphatic hydroxyl groups excluding tert-OH is 1. The predicted octanol–water partition coefficient (Wildman–Crippen LogP) is 6.60. The average molecular weight is 976 g/mol. The van der Waals surface area contributed by atoms with Gasteiger partial charge in [-0.3, -0.25) is 24.0 Å². The van der Waals surface area contributed by atoms with Crippen molar-refractivity contribution in [1.29, 1.82) is 0 Å². The second-order valence-corrected chi connectivity index (χ2v) is 20.7. The second-order valence-electron chi connectivity index (χ2n) is 19.9. The Morgan fingerprint density at radius 3 is 2.37 bits per heavy atom. The van der Waals surface area contributed by atoms with Gasteiger partial charge in [-0.1, -0.05) is 45.0 Å². The van der Waals surface area contributed by atoms with Crippen molar-refractivity contribution in [2.24, 2.45) is 12.5 Å². The highest BCUT2D eigenvalue weighted by Crippen LogP contribution is 2.30. The van der Waals surface area contributed by atoms with Crippen LogP contribution in [0.5, 0.6) is 5.75 Å². The van der Waals surface area contributed by atoms with Crippen molar-refractivity contribution in [3.05, 3.63) is 106 Å². The highest BCUT2D eigenvalue weighted by atomic mass is 32.1. The molecule has 0 radical (unpaired) electrons. The van der Waals surface area contributed by atoms with E-state index in [1.807, 2.05) is 85.2 Å². The summed E-state index contributed by atoms with van der Waals surface area (Å²) >= 11 is 1.57. The number of anilines is 1. The summed E-state index contributed by atoms with van der Waals surface area (Å²) in [7, 11) is 1.54. The van der Waals surface area contributed by atoms with E-state index in [9.17, 15) is 29.1 Å². The first-order valence-electron chi connectivity index (χ1n) is 23.1. The van der Waals surface area contributed by atoms with Crippen LogP contribution >= 0.6 is 11.3 Å². The summed E-state index contributed by atoms with van der Waals surface area (Å²) in [4.78, 5) is 81.6. The van der Waals surface area contributed by atoms with E-state index in [1.54, 1.807) is 41.7 Å². The molecule has 3 atom stereocenters. The third kappa shape index (κ3) is 12.9. The fourth-order valence-electron chi connectivity index (χ4n) is 7.94. The number of carbonyl (C=O) groups is 4. The largest absolute Gasteiger partial charge is 0.486 e. The molecule has 4 amide bonds. The van der Waals surface area contributed by atoms with E-state index >= 15 is 0 Å². The maximum atomic E-state index is 14.2. The minimum absolute atomic E-state index is 0.0191. The van der Waals surface area contributed by atoms with E-state index in [2.05, 4.69) is 36.0 Å². The molecule has 70 heavy (non-hydrogen) atoms. The average Bonchev–Trinajstić information content (AvgIpc) is 4.05. The molecule has 19 heteroatoms. The van der Waals surface area contributed by atoms with Gasteiger partial charge in [-0.2, -0.15) is 5.10 Å². The second kappa shape index (κ2) is 21.0. The highest BCUT2D eigenvalue weighted by molar-refractivity contribution is 7.13. The number of aromatic nitrogens is 5. The van der Waals surface area contributed by atoms with Crippen LogP contribution in [0.15, 0.2) is 87.6 Å². The van der Waals surface area contributed by atoms with Gasteiger partial charge in [-0.25, -0.2) is 19.6 Å². The first-order chi connectivity index (χ1) is 33.0. The third-order valence-electron chi connectivity index (χ3n) is 12.1.